The first-order valence-electron chi connectivity index (χ1n) is 6.73. The van der Waals surface area contributed by atoms with E-state index < -0.39 is 0 Å². The molecule has 0 amide bonds. The molecule has 0 spiro atoms. The van der Waals surface area contributed by atoms with Gasteiger partial charge in [0, 0.05) is 37.0 Å². The van der Waals surface area contributed by atoms with Crippen LogP contribution in [0, 0.1) is 0 Å². The smallest absolute Gasteiger partial charge is 0.135 e. The van der Waals surface area contributed by atoms with Gasteiger partial charge in [0.05, 0.1) is 0 Å². The second-order valence-electron chi connectivity index (χ2n) is 5.47. The first kappa shape index (κ1) is 12.2. The van der Waals surface area contributed by atoms with Gasteiger partial charge in [0.25, 0.3) is 0 Å². The molecule has 1 aromatic rings. The molecule has 0 unspecified atom stereocenters. The maximum Gasteiger partial charge on any atom is 0.135 e. The fourth-order valence-electron chi connectivity index (χ4n) is 3.27. The van der Waals surface area contributed by atoms with E-state index in [1.165, 1.54) is 12.0 Å². The van der Waals surface area contributed by atoms with Crippen LogP contribution in [0.25, 0.3) is 0 Å². The molecule has 0 aromatic heterocycles. The molecular weight excluding hydrogens is 246 g/mol. The molecular formula is C15H18ClNO. The van der Waals surface area contributed by atoms with Crippen LogP contribution in [0.1, 0.15) is 37.2 Å². The minimum Gasteiger partial charge on any atom is -0.300 e. The van der Waals surface area contributed by atoms with E-state index in [4.69, 9.17) is 11.6 Å². The molecule has 2 saturated heterocycles. The van der Waals surface area contributed by atoms with Gasteiger partial charge in [-0.1, -0.05) is 23.7 Å². The van der Waals surface area contributed by atoms with Gasteiger partial charge in [0.15, 0.2) is 0 Å². The molecule has 0 bridgehead atoms. The van der Waals surface area contributed by atoms with Crippen LogP contribution in [0.3, 0.4) is 0 Å². The first-order chi connectivity index (χ1) is 8.72. The van der Waals surface area contributed by atoms with E-state index in [0.29, 0.717) is 17.7 Å². The lowest BCUT2D eigenvalue weighted by Gasteiger charge is -2.42. The van der Waals surface area contributed by atoms with Crippen molar-refractivity contribution < 1.29 is 4.79 Å². The van der Waals surface area contributed by atoms with Crippen LogP contribution in [0.2, 0.25) is 5.02 Å². The number of benzene rings is 1. The number of rotatable bonds is 1. The molecule has 2 aliphatic heterocycles. The van der Waals surface area contributed by atoms with Gasteiger partial charge < -0.3 is 0 Å². The summed E-state index contributed by atoms with van der Waals surface area (Å²) in [5.41, 5.74) is 1.35. The highest BCUT2D eigenvalue weighted by atomic mass is 35.5. The Bertz CT molecular complexity index is 460. The predicted molar refractivity (Wildman–Crippen MR) is 73.0 cm³/mol. The summed E-state index contributed by atoms with van der Waals surface area (Å²) < 4.78 is 0. The molecule has 2 aliphatic rings. The first-order valence-corrected chi connectivity index (χ1v) is 7.11. The van der Waals surface area contributed by atoms with E-state index in [1.807, 2.05) is 12.1 Å². The number of nitrogens with zero attached hydrogens (tertiary/aromatic N) is 1. The predicted octanol–water partition coefficient (Wildman–Crippen LogP) is 3.25. The van der Waals surface area contributed by atoms with E-state index in [9.17, 15) is 4.79 Å². The SMILES string of the molecule is O=C1CCN2C[C@@H](c3cccc(Cl)c3)CC[C@@H]2C1. The Morgan fingerprint density at radius 1 is 1.28 bits per heavy atom. The molecule has 18 heavy (non-hydrogen) atoms. The van der Waals surface area contributed by atoms with Crippen molar-refractivity contribution in [3.63, 3.8) is 0 Å². The Morgan fingerprint density at radius 2 is 2.17 bits per heavy atom. The van der Waals surface area contributed by atoms with Crippen molar-refractivity contribution in [2.24, 2.45) is 0 Å². The zero-order valence-corrected chi connectivity index (χ0v) is 11.2. The van der Waals surface area contributed by atoms with Crippen molar-refractivity contribution in [3.8, 4) is 0 Å². The van der Waals surface area contributed by atoms with Crippen molar-refractivity contribution in [1.82, 2.24) is 4.90 Å². The zero-order chi connectivity index (χ0) is 12.5. The zero-order valence-electron chi connectivity index (χ0n) is 10.4. The summed E-state index contributed by atoms with van der Waals surface area (Å²) in [6, 6.07) is 8.72. The van der Waals surface area contributed by atoms with Crippen LogP contribution in [-0.4, -0.2) is 29.8 Å². The molecule has 0 aliphatic carbocycles. The highest BCUT2D eigenvalue weighted by Crippen LogP contribution is 2.34. The van der Waals surface area contributed by atoms with Gasteiger partial charge >= 0.3 is 0 Å². The van der Waals surface area contributed by atoms with E-state index >= 15 is 0 Å². The molecule has 2 nitrogen and oxygen atoms in total. The molecule has 0 N–H and O–H groups in total. The van der Waals surface area contributed by atoms with Gasteiger partial charge in [-0.05, 0) is 36.5 Å². The quantitative estimate of drug-likeness (QED) is 0.775. The minimum atomic E-state index is 0.442. The van der Waals surface area contributed by atoms with Crippen molar-refractivity contribution >= 4 is 17.4 Å². The van der Waals surface area contributed by atoms with Crippen LogP contribution in [0.4, 0.5) is 0 Å². The summed E-state index contributed by atoms with van der Waals surface area (Å²) in [7, 11) is 0. The Morgan fingerprint density at radius 3 is 3.00 bits per heavy atom. The molecule has 96 valence electrons. The maximum atomic E-state index is 11.5. The number of carbonyl (C=O) groups is 1. The molecule has 0 radical (unpaired) electrons. The number of piperidine rings is 2. The number of Topliss-reactive ketones (excluding diaryl/α,β-unsaturated/α-hetero) is 1. The van der Waals surface area contributed by atoms with Gasteiger partial charge in [-0.15, -0.1) is 0 Å². The lowest BCUT2D eigenvalue weighted by molar-refractivity contribution is -0.124. The molecule has 2 fully saturated rings. The molecule has 1 aromatic carbocycles. The van der Waals surface area contributed by atoms with Crippen LogP contribution < -0.4 is 0 Å². The summed E-state index contributed by atoms with van der Waals surface area (Å²) in [5.74, 6) is 1.02. The standard InChI is InChI=1S/C15H18ClNO/c16-13-3-1-2-11(8-13)12-4-5-14-9-15(18)6-7-17(14)10-12/h1-3,8,12,14H,4-7,9-10H2/t12-,14+/m0/s1. The highest BCUT2D eigenvalue weighted by molar-refractivity contribution is 6.30. The monoisotopic (exact) mass is 263 g/mol. The topological polar surface area (TPSA) is 20.3 Å². The Kier molecular flexibility index (Phi) is 3.40. The van der Waals surface area contributed by atoms with E-state index in [2.05, 4.69) is 17.0 Å². The third kappa shape index (κ3) is 2.45. The number of halogens is 1. The number of hydrogen-bond acceptors (Lipinski definition) is 2. The van der Waals surface area contributed by atoms with E-state index in [1.54, 1.807) is 0 Å². The summed E-state index contributed by atoms with van der Waals surface area (Å²) in [4.78, 5) is 14.0. The fourth-order valence-corrected chi connectivity index (χ4v) is 3.47. The summed E-state index contributed by atoms with van der Waals surface area (Å²) in [5, 5.41) is 0.823. The van der Waals surface area contributed by atoms with Gasteiger partial charge in [0.2, 0.25) is 0 Å². The van der Waals surface area contributed by atoms with Crippen molar-refractivity contribution in [2.75, 3.05) is 13.1 Å². The number of fused-ring (bicyclic) bond motifs is 1. The van der Waals surface area contributed by atoms with Crippen LogP contribution in [-0.2, 0) is 4.79 Å². The number of ketones is 1. The minimum absolute atomic E-state index is 0.442. The molecule has 3 heteroatoms. The normalized spacial score (nSPS) is 29.1. The molecule has 0 saturated carbocycles. The third-order valence-corrected chi connectivity index (χ3v) is 4.52. The second-order valence-corrected chi connectivity index (χ2v) is 5.91. The van der Waals surface area contributed by atoms with Crippen LogP contribution in [0.5, 0.6) is 0 Å². The molecule has 2 atom stereocenters. The summed E-state index contributed by atoms with van der Waals surface area (Å²) in [6.07, 6.45) is 3.82. The van der Waals surface area contributed by atoms with Gasteiger partial charge in [-0.25, -0.2) is 0 Å². The lowest BCUT2D eigenvalue weighted by Crippen LogP contribution is -2.47. The van der Waals surface area contributed by atoms with Crippen molar-refractivity contribution in [2.45, 2.75) is 37.6 Å². The number of carbonyl (C=O) groups excluding carboxylic acids is 1. The fraction of sp³-hybridized carbons (Fsp3) is 0.533. The summed E-state index contributed by atoms with van der Waals surface area (Å²) >= 11 is 6.06. The van der Waals surface area contributed by atoms with Gasteiger partial charge in [0.1, 0.15) is 5.78 Å². The van der Waals surface area contributed by atoms with Gasteiger partial charge in [-0.2, -0.15) is 0 Å². The van der Waals surface area contributed by atoms with Crippen molar-refractivity contribution in [3.05, 3.63) is 34.9 Å². The van der Waals surface area contributed by atoms with Gasteiger partial charge in [-0.3, -0.25) is 9.69 Å². The van der Waals surface area contributed by atoms with Crippen molar-refractivity contribution in [1.29, 1.82) is 0 Å². The Labute approximate surface area is 113 Å². The molecule has 3 rings (SSSR count). The largest absolute Gasteiger partial charge is 0.300 e. The number of hydrogen-bond donors (Lipinski definition) is 0. The lowest BCUT2D eigenvalue weighted by atomic mass is 9.84. The average molecular weight is 264 g/mol. The third-order valence-electron chi connectivity index (χ3n) is 4.28. The Hall–Kier alpha value is -0.860. The molecule has 2 heterocycles. The maximum absolute atomic E-state index is 11.5. The summed E-state index contributed by atoms with van der Waals surface area (Å²) in [6.45, 7) is 2.03. The van der Waals surface area contributed by atoms with Crippen LogP contribution >= 0.6 is 11.6 Å². The second kappa shape index (κ2) is 5.02. The highest BCUT2D eigenvalue weighted by Gasteiger charge is 2.33. The van der Waals surface area contributed by atoms with E-state index in [0.717, 1.165) is 37.4 Å². The van der Waals surface area contributed by atoms with Crippen LogP contribution in [0.15, 0.2) is 24.3 Å². The van der Waals surface area contributed by atoms with E-state index in [-0.39, 0.29) is 0 Å². The average Bonchev–Trinajstić information content (AvgIpc) is 2.38. The Balaban J connectivity index is 1.72.